The van der Waals surface area contributed by atoms with Gasteiger partial charge in [0, 0.05) is 6.42 Å². The third kappa shape index (κ3) is 12.8. The SMILES string of the molecule is N[C@@H](CCC(=O)O)C(=O)O.OCC(O)CO. The van der Waals surface area contributed by atoms with Crippen molar-refractivity contribution in [1.82, 2.24) is 0 Å². The van der Waals surface area contributed by atoms with Gasteiger partial charge in [0.1, 0.15) is 12.1 Å². The fourth-order valence-electron chi connectivity index (χ4n) is 0.460. The first kappa shape index (κ1) is 17.2. The maximum Gasteiger partial charge on any atom is 0.320 e. The number of hydrogen-bond donors (Lipinski definition) is 6. The highest BCUT2D eigenvalue weighted by atomic mass is 16.4. The molecule has 0 aromatic carbocycles. The van der Waals surface area contributed by atoms with Crippen LogP contribution in [0.3, 0.4) is 0 Å². The van der Waals surface area contributed by atoms with Crippen molar-refractivity contribution in [3.63, 3.8) is 0 Å². The Bertz CT molecular complexity index is 205. The van der Waals surface area contributed by atoms with E-state index in [4.69, 9.17) is 31.3 Å². The Hall–Kier alpha value is -1.22. The Morgan fingerprint density at radius 1 is 1.12 bits per heavy atom. The monoisotopic (exact) mass is 239 g/mol. The minimum absolute atomic E-state index is 0.0231. The summed E-state index contributed by atoms with van der Waals surface area (Å²) in [5.41, 5.74) is 5.00. The maximum absolute atomic E-state index is 9.99. The van der Waals surface area contributed by atoms with Crippen LogP contribution in [-0.4, -0.2) is 62.8 Å². The first-order valence-electron chi connectivity index (χ1n) is 4.45. The quantitative estimate of drug-likeness (QED) is 0.299. The Labute approximate surface area is 91.9 Å². The van der Waals surface area contributed by atoms with E-state index in [1.807, 2.05) is 0 Å². The minimum atomic E-state index is -1.17. The standard InChI is InChI=1S/C5H9NO4.C3H8O3/c6-3(5(9)10)1-2-4(7)8;4-1-3(6)2-5/h3H,1-2,6H2,(H,7,8)(H,9,10);3-6H,1-2H2/t3-;/m0./s1. The largest absolute Gasteiger partial charge is 0.481 e. The van der Waals surface area contributed by atoms with Crippen LogP contribution in [0.25, 0.3) is 0 Å². The first-order valence-corrected chi connectivity index (χ1v) is 4.45. The van der Waals surface area contributed by atoms with Crippen molar-refractivity contribution >= 4 is 11.9 Å². The summed E-state index contributed by atoms with van der Waals surface area (Å²) in [5.74, 6) is -2.20. The summed E-state index contributed by atoms with van der Waals surface area (Å²) >= 11 is 0. The smallest absolute Gasteiger partial charge is 0.320 e. The van der Waals surface area contributed by atoms with Crippen LogP contribution >= 0.6 is 0 Å². The maximum atomic E-state index is 9.99. The molecule has 8 heteroatoms. The molecular weight excluding hydrogens is 222 g/mol. The van der Waals surface area contributed by atoms with Crippen molar-refractivity contribution in [3.8, 4) is 0 Å². The van der Waals surface area contributed by atoms with E-state index in [1.165, 1.54) is 0 Å². The highest BCUT2D eigenvalue weighted by Crippen LogP contribution is 1.93. The molecule has 96 valence electrons. The van der Waals surface area contributed by atoms with Gasteiger partial charge >= 0.3 is 11.9 Å². The van der Waals surface area contributed by atoms with Gasteiger partial charge < -0.3 is 31.3 Å². The number of rotatable bonds is 6. The molecule has 0 heterocycles. The molecule has 8 nitrogen and oxygen atoms in total. The van der Waals surface area contributed by atoms with Gasteiger partial charge in [0.2, 0.25) is 0 Å². The average Bonchev–Trinajstić information content (AvgIpc) is 2.25. The number of carboxylic acid groups (broad SMARTS) is 2. The molecule has 0 saturated heterocycles. The highest BCUT2D eigenvalue weighted by molar-refractivity contribution is 5.74. The van der Waals surface area contributed by atoms with Gasteiger partial charge in [0.05, 0.1) is 13.2 Å². The summed E-state index contributed by atoms with van der Waals surface area (Å²) in [5, 5.41) is 40.3. The molecule has 0 aliphatic carbocycles. The molecule has 0 radical (unpaired) electrons. The minimum Gasteiger partial charge on any atom is -0.481 e. The van der Waals surface area contributed by atoms with Crippen LogP contribution < -0.4 is 5.73 Å². The number of nitrogens with two attached hydrogens (primary N) is 1. The van der Waals surface area contributed by atoms with E-state index in [1.54, 1.807) is 0 Å². The molecule has 0 rings (SSSR count). The molecule has 7 N–H and O–H groups in total. The molecule has 0 aliphatic rings. The lowest BCUT2D eigenvalue weighted by Crippen LogP contribution is -2.30. The van der Waals surface area contributed by atoms with E-state index in [0.29, 0.717) is 0 Å². The number of carboxylic acids is 2. The predicted octanol–water partition coefficient (Wildman–Crippen LogP) is -2.40. The summed E-state index contributed by atoms with van der Waals surface area (Å²) in [7, 11) is 0. The predicted molar refractivity (Wildman–Crippen MR) is 52.7 cm³/mol. The lowest BCUT2D eigenvalue weighted by atomic mass is 10.2. The van der Waals surface area contributed by atoms with Crippen LogP contribution in [0.1, 0.15) is 12.8 Å². The Kier molecular flexibility index (Phi) is 11.1. The van der Waals surface area contributed by atoms with E-state index in [2.05, 4.69) is 0 Å². The second kappa shape index (κ2) is 10.3. The second-order valence-corrected chi connectivity index (χ2v) is 2.90. The molecule has 0 spiro atoms. The molecule has 0 amide bonds. The van der Waals surface area contributed by atoms with Gasteiger partial charge in [-0.25, -0.2) is 0 Å². The number of carbonyl (C=O) groups is 2. The molecule has 0 aromatic heterocycles. The Morgan fingerprint density at radius 2 is 1.56 bits per heavy atom. The number of hydrogen-bond acceptors (Lipinski definition) is 6. The Morgan fingerprint density at radius 3 is 1.75 bits per heavy atom. The number of aliphatic hydroxyl groups is 3. The van der Waals surface area contributed by atoms with Crippen molar-refractivity contribution in [2.24, 2.45) is 5.73 Å². The topological polar surface area (TPSA) is 161 Å². The summed E-state index contributed by atoms with van der Waals surface area (Å²) in [6, 6.07) is -1.06. The summed E-state index contributed by atoms with van der Waals surface area (Å²) in [6.45, 7) is -0.729. The molecule has 0 saturated carbocycles. The molecular formula is C8H17NO7. The Balaban J connectivity index is 0. The third-order valence-electron chi connectivity index (χ3n) is 1.41. The zero-order chi connectivity index (χ0) is 13.1. The van der Waals surface area contributed by atoms with Gasteiger partial charge in [-0.1, -0.05) is 0 Å². The van der Waals surface area contributed by atoms with Crippen LogP contribution in [0.2, 0.25) is 0 Å². The van der Waals surface area contributed by atoms with Crippen molar-refractivity contribution in [3.05, 3.63) is 0 Å². The second-order valence-electron chi connectivity index (χ2n) is 2.90. The molecule has 16 heavy (non-hydrogen) atoms. The first-order chi connectivity index (χ1) is 7.34. The van der Waals surface area contributed by atoms with Gasteiger partial charge in [0.15, 0.2) is 0 Å². The number of aliphatic carboxylic acids is 2. The summed E-state index contributed by atoms with van der Waals surface area (Å²) in [6.07, 6.45) is -1.18. The molecule has 0 unspecified atom stereocenters. The van der Waals surface area contributed by atoms with E-state index in [9.17, 15) is 9.59 Å². The van der Waals surface area contributed by atoms with Gasteiger partial charge in [-0.15, -0.1) is 0 Å². The van der Waals surface area contributed by atoms with Crippen molar-refractivity contribution < 1.29 is 35.1 Å². The van der Waals surface area contributed by atoms with E-state index in [0.717, 1.165) is 0 Å². The van der Waals surface area contributed by atoms with Crippen molar-refractivity contribution in [1.29, 1.82) is 0 Å². The lowest BCUT2D eigenvalue weighted by molar-refractivity contribution is -0.139. The molecule has 0 bridgehead atoms. The van der Waals surface area contributed by atoms with Crippen LogP contribution in [0, 0.1) is 0 Å². The van der Waals surface area contributed by atoms with Gasteiger partial charge in [-0.05, 0) is 6.42 Å². The zero-order valence-electron chi connectivity index (χ0n) is 8.61. The zero-order valence-corrected chi connectivity index (χ0v) is 8.61. The summed E-state index contributed by atoms with van der Waals surface area (Å²) in [4.78, 5) is 19.9. The van der Waals surface area contributed by atoms with Crippen molar-refractivity contribution in [2.45, 2.75) is 25.0 Å². The van der Waals surface area contributed by atoms with Crippen LogP contribution in [0.4, 0.5) is 0 Å². The normalized spacial score (nSPS) is 11.6. The molecule has 0 aromatic rings. The molecule has 0 aliphatic heterocycles. The van der Waals surface area contributed by atoms with Crippen LogP contribution in [-0.2, 0) is 9.59 Å². The highest BCUT2D eigenvalue weighted by Gasteiger charge is 2.12. The van der Waals surface area contributed by atoms with E-state index < -0.39 is 24.1 Å². The molecule has 0 fully saturated rings. The van der Waals surface area contributed by atoms with Crippen LogP contribution in [0.5, 0.6) is 0 Å². The van der Waals surface area contributed by atoms with E-state index >= 15 is 0 Å². The fraction of sp³-hybridized carbons (Fsp3) is 0.750. The molecule has 1 atom stereocenters. The lowest BCUT2D eigenvalue weighted by Gasteiger charge is -2.01. The van der Waals surface area contributed by atoms with Crippen LogP contribution in [0.15, 0.2) is 0 Å². The average molecular weight is 239 g/mol. The number of aliphatic hydroxyl groups excluding tert-OH is 3. The van der Waals surface area contributed by atoms with Crippen molar-refractivity contribution in [2.75, 3.05) is 13.2 Å². The third-order valence-corrected chi connectivity index (χ3v) is 1.41. The van der Waals surface area contributed by atoms with Gasteiger partial charge in [-0.2, -0.15) is 0 Å². The van der Waals surface area contributed by atoms with Gasteiger partial charge in [0.25, 0.3) is 0 Å². The van der Waals surface area contributed by atoms with E-state index in [-0.39, 0.29) is 26.1 Å². The summed E-state index contributed by atoms with van der Waals surface area (Å²) < 4.78 is 0. The fourth-order valence-corrected chi connectivity index (χ4v) is 0.460. The van der Waals surface area contributed by atoms with Gasteiger partial charge in [-0.3, -0.25) is 9.59 Å².